The summed E-state index contributed by atoms with van der Waals surface area (Å²) in [6.45, 7) is 0.371. The van der Waals surface area contributed by atoms with Crippen molar-refractivity contribution in [3.8, 4) is 17.6 Å². The number of hydrogen-bond acceptors (Lipinski definition) is 6. The number of benzene rings is 3. The zero-order valence-corrected chi connectivity index (χ0v) is 22.3. The van der Waals surface area contributed by atoms with Gasteiger partial charge in [-0.05, 0) is 66.9 Å². The van der Waals surface area contributed by atoms with Gasteiger partial charge in [0.25, 0.3) is 5.91 Å². The van der Waals surface area contributed by atoms with E-state index in [0.29, 0.717) is 22.8 Å². The van der Waals surface area contributed by atoms with E-state index >= 15 is 0 Å². The molecule has 1 unspecified atom stereocenters. The number of ether oxygens (including phenoxy) is 3. The molecule has 3 rings (SSSR count). The van der Waals surface area contributed by atoms with Crippen molar-refractivity contribution in [1.29, 1.82) is 0 Å². The van der Waals surface area contributed by atoms with Crippen LogP contribution in [0.2, 0.25) is 5.02 Å². The van der Waals surface area contributed by atoms with Gasteiger partial charge in [0.05, 0.1) is 12.6 Å². The van der Waals surface area contributed by atoms with Crippen LogP contribution in [0.3, 0.4) is 0 Å². The van der Waals surface area contributed by atoms with Gasteiger partial charge in [-0.15, -0.1) is 0 Å². The quantitative estimate of drug-likeness (QED) is 0.0966. The molecule has 8 nitrogen and oxygen atoms in total. The molecule has 3 N–H and O–H groups in total. The highest BCUT2D eigenvalue weighted by Gasteiger charge is 2.25. The predicted molar refractivity (Wildman–Crippen MR) is 148 cm³/mol. The third-order valence-electron chi connectivity index (χ3n) is 5.73. The highest BCUT2D eigenvalue weighted by atomic mass is 35.5. The first-order valence-electron chi connectivity index (χ1n) is 12.3. The number of hydroxylamine groups is 1. The summed E-state index contributed by atoms with van der Waals surface area (Å²) in [5, 5.41) is 12.8. The maximum Gasteiger partial charge on any atom is 0.251 e. The maximum atomic E-state index is 13.0. The zero-order valence-electron chi connectivity index (χ0n) is 21.6. The number of carbonyl (C=O) groups excluding carboxylic acids is 2. The maximum absolute atomic E-state index is 13.0. The van der Waals surface area contributed by atoms with Crippen LogP contribution < -0.4 is 15.5 Å². The summed E-state index contributed by atoms with van der Waals surface area (Å²) in [6.07, 6.45) is 0.632. The minimum absolute atomic E-state index is 0.0387. The summed E-state index contributed by atoms with van der Waals surface area (Å²) < 4.78 is 16.0. The molecule has 2 atom stereocenters. The number of halogens is 1. The average Bonchev–Trinajstić information content (AvgIpc) is 2.96. The second kappa shape index (κ2) is 16.2. The Labute approximate surface area is 233 Å². The Balaban J connectivity index is 1.61. The smallest absolute Gasteiger partial charge is 0.251 e. The van der Waals surface area contributed by atoms with Gasteiger partial charge in [-0.3, -0.25) is 14.8 Å². The number of carbonyl (C=O) groups is 2. The van der Waals surface area contributed by atoms with Gasteiger partial charge < -0.3 is 19.5 Å². The average molecular weight is 551 g/mol. The summed E-state index contributed by atoms with van der Waals surface area (Å²) in [7, 11) is 1.50. The number of hydrogen-bond donors (Lipinski definition) is 3. The van der Waals surface area contributed by atoms with Crippen LogP contribution in [0, 0.1) is 17.8 Å². The van der Waals surface area contributed by atoms with E-state index in [1.165, 1.54) is 7.11 Å². The molecule has 0 aliphatic rings. The van der Waals surface area contributed by atoms with Crippen LogP contribution in [0.1, 0.15) is 27.9 Å². The van der Waals surface area contributed by atoms with Crippen LogP contribution >= 0.6 is 11.6 Å². The molecule has 0 spiro atoms. The van der Waals surface area contributed by atoms with Gasteiger partial charge in [0.1, 0.15) is 19.1 Å². The van der Waals surface area contributed by atoms with E-state index < -0.39 is 17.9 Å². The van der Waals surface area contributed by atoms with E-state index in [9.17, 15) is 14.8 Å². The van der Waals surface area contributed by atoms with Gasteiger partial charge >= 0.3 is 0 Å². The Kier molecular flexibility index (Phi) is 12.3. The molecule has 0 saturated carbocycles. The Bertz CT molecular complexity index is 1240. The van der Waals surface area contributed by atoms with Crippen molar-refractivity contribution in [1.82, 2.24) is 10.8 Å². The lowest BCUT2D eigenvalue weighted by molar-refractivity contribution is -0.134. The Hall–Kier alpha value is -3.87. The van der Waals surface area contributed by atoms with E-state index in [4.69, 9.17) is 25.8 Å². The molecule has 9 heteroatoms. The third-order valence-corrected chi connectivity index (χ3v) is 5.99. The first-order valence-corrected chi connectivity index (χ1v) is 12.7. The van der Waals surface area contributed by atoms with Crippen molar-refractivity contribution in [2.45, 2.75) is 18.9 Å². The van der Waals surface area contributed by atoms with Crippen LogP contribution in [-0.4, -0.2) is 50.2 Å². The predicted octanol–water partition coefficient (Wildman–Crippen LogP) is 4.24. The topological polar surface area (TPSA) is 106 Å². The largest absolute Gasteiger partial charge is 0.481 e. The lowest BCUT2D eigenvalue weighted by Gasteiger charge is -2.23. The van der Waals surface area contributed by atoms with E-state index in [-0.39, 0.29) is 32.3 Å². The van der Waals surface area contributed by atoms with E-state index in [0.717, 1.165) is 11.1 Å². The highest BCUT2D eigenvalue weighted by Crippen LogP contribution is 2.17. The lowest BCUT2D eigenvalue weighted by Crippen LogP contribution is -2.42. The molecule has 3 aromatic carbocycles. The zero-order chi connectivity index (χ0) is 27.9. The molecule has 0 aliphatic carbocycles. The van der Waals surface area contributed by atoms with Gasteiger partial charge in [-0.1, -0.05) is 53.8 Å². The number of amides is 2. The third kappa shape index (κ3) is 10.4. The van der Waals surface area contributed by atoms with Crippen LogP contribution in [0.25, 0.3) is 0 Å². The number of nitrogens with one attached hydrogen (secondary N) is 2. The number of rotatable bonds is 13. The standard InChI is InChI=1S/C30H31ClN2O6/c1-37-21-38-20-27(19-25(30(35)33-36)18-23-6-3-2-4-7-23)32-29(34)24-11-9-22(10-12-24)8-5-17-39-28-15-13-26(31)14-16-28/h2-4,6-7,9-16,25,27,36H,17-21H2,1H3,(H,32,34)(H,33,35)/t25?,27-/m0/s1. The molecule has 0 saturated heterocycles. The summed E-state index contributed by atoms with van der Waals surface area (Å²) in [4.78, 5) is 25.4. The summed E-state index contributed by atoms with van der Waals surface area (Å²) in [6, 6.07) is 22.8. The van der Waals surface area contributed by atoms with E-state index in [1.807, 2.05) is 30.3 Å². The highest BCUT2D eigenvalue weighted by molar-refractivity contribution is 6.30. The molecule has 0 aliphatic heterocycles. The molecule has 0 fully saturated rings. The van der Waals surface area contributed by atoms with Crippen molar-refractivity contribution < 1.29 is 29.0 Å². The summed E-state index contributed by atoms with van der Waals surface area (Å²) in [5.74, 6) is 5.16. The normalized spacial score (nSPS) is 12.0. The second-order valence-corrected chi connectivity index (χ2v) is 9.10. The van der Waals surface area contributed by atoms with E-state index in [1.54, 1.807) is 54.0 Å². The van der Waals surface area contributed by atoms with Crippen LogP contribution in [0.4, 0.5) is 0 Å². The molecule has 0 heterocycles. The molecule has 0 aromatic heterocycles. The first-order chi connectivity index (χ1) is 19.0. The second-order valence-electron chi connectivity index (χ2n) is 8.67. The van der Waals surface area contributed by atoms with Gasteiger partial charge in [0.15, 0.2) is 0 Å². The fourth-order valence-electron chi connectivity index (χ4n) is 3.82. The lowest BCUT2D eigenvalue weighted by atomic mass is 9.92. The molecular weight excluding hydrogens is 520 g/mol. The Morgan fingerprint density at radius 3 is 2.38 bits per heavy atom. The first kappa shape index (κ1) is 29.7. The monoisotopic (exact) mass is 550 g/mol. The minimum Gasteiger partial charge on any atom is -0.481 e. The number of methoxy groups -OCH3 is 1. The Morgan fingerprint density at radius 1 is 1.00 bits per heavy atom. The van der Waals surface area contributed by atoms with Gasteiger partial charge in [-0.25, -0.2) is 5.48 Å². The van der Waals surface area contributed by atoms with Gasteiger partial charge in [0, 0.05) is 29.2 Å². The van der Waals surface area contributed by atoms with Gasteiger partial charge in [-0.2, -0.15) is 0 Å². The molecule has 0 bridgehead atoms. The van der Waals surface area contributed by atoms with E-state index in [2.05, 4.69) is 17.2 Å². The molecular formula is C30H31ClN2O6. The van der Waals surface area contributed by atoms with Crippen molar-refractivity contribution in [3.63, 3.8) is 0 Å². The van der Waals surface area contributed by atoms with Crippen LogP contribution in [-0.2, 0) is 20.7 Å². The van der Waals surface area contributed by atoms with Crippen molar-refractivity contribution >= 4 is 23.4 Å². The van der Waals surface area contributed by atoms with Crippen LogP contribution in [0.15, 0.2) is 78.9 Å². The SMILES string of the molecule is COCOC[C@H](CC(Cc1ccccc1)C(=O)NO)NC(=O)c1ccc(C#CCOc2ccc(Cl)cc2)cc1. The fourth-order valence-corrected chi connectivity index (χ4v) is 3.95. The molecule has 39 heavy (non-hydrogen) atoms. The summed E-state index contributed by atoms with van der Waals surface area (Å²) in [5.41, 5.74) is 3.83. The van der Waals surface area contributed by atoms with Crippen molar-refractivity contribution in [3.05, 3.63) is 101 Å². The Morgan fingerprint density at radius 2 is 1.72 bits per heavy atom. The molecule has 0 radical (unpaired) electrons. The van der Waals surface area contributed by atoms with Gasteiger partial charge in [0.2, 0.25) is 5.91 Å². The van der Waals surface area contributed by atoms with Crippen LogP contribution in [0.5, 0.6) is 5.75 Å². The minimum atomic E-state index is -0.596. The molecule has 2 amide bonds. The van der Waals surface area contributed by atoms with Crippen molar-refractivity contribution in [2.24, 2.45) is 5.92 Å². The fraction of sp³-hybridized carbons (Fsp3) is 0.267. The molecule has 204 valence electrons. The summed E-state index contributed by atoms with van der Waals surface area (Å²) >= 11 is 5.87. The van der Waals surface area contributed by atoms with Crippen molar-refractivity contribution in [2.75, 3.05) is 27.1 Å². The molecule has 3 aromatic rings.